The molecule has 1 amide bonds. The van der Waals surface area contributed by atoms with Gasteiger partial charge < -0.3 is 14.4 Å². The number of rotatable bonds is 4. The van der Waals surface area contributed by atoms with Gasteiger partial charge in [0.1, 0.15) is 11.9 Å². The van der Waals surface area contributed by atoms with E-state index in [-0.39, 0.29) is 18.9 Å². The molecule has 0 bridgehead atoms. The number of benzene rings is 1. The molecule has 0 unspecified atom stereocenters. The van der Waals surface area contributed by atoms with Crippen molar-refractivity contribution in [1.29, 1.82) is 5.26 Å². The second-order valence-electron chi connectivity index (χ2n) is 5.94. The standard InChI is InChI=1S/C17H20FN5O3S/c1-27-16(21-11-19)20-9-13-10-23(17(24)26-13)12-2-3-15(14(18)8-12)22-4-6-25-7-5-22/h2-3,8,13H,4-7,9-10H2,1H3,(H,20,21)/t13-/m0/s1. The fourth-order valence-electron chi connectivity index (χ4n) is 2.94. The number of anilines is 2. The molecule has 1 atom stereocenters. The summed E-state index contributed by atoms with van der Waals surface area (Å²) in [4.78, 5) is 19.7. The number of ether oxygens (including phenoxy) is 2. The maximum Gasteiger partial charge on any atom is 0.414 e. The van der Waals surface area contributed by atoms with Gasteiger partial charge in [0.25, 0.3) is 0 Å². The van der Waals surface area contributed by atoms with E-state index in [4.69, 9.17) is 14.7 Å². The third kappa shape index (κ3) is 4.61. The van der Waals surface area contributed by atoms with E-state index >= 15 is 0 Å². The molecule has 0 aromatic heterocycles. The van der Waals surface area contributed by atoms with Crippen molar-refractivity contribution in [1.82, 2.24) is 5.32 Å². The average molecular weight is 393 g/mol. The first-order chi connectivity index (χ1) is 13.1. The third-order valence-corrected chi connectivity index (χ3v) is 4.88. The monoisotopic (exact) mass is 393 g/mol. The molecule has 0 spiro atoms. The van der Waals surface area contributed by atoms with E-state index in [0.717, 1.165) is 0 Å². The molecule has 0 aliphatic carbocycles. The molecule has 2 heterocycles. The predicted molar refractivity (Wildman–Crippen MR) is 102 cm³/mol. The maximum absolute atomic E-state index is 14.6. The largest absolute Gasteiger partial charge is 0.442 e. The lowest BCUT2D eigenvalue weighted by Gasteiger charge is -2.29. The Bertz CT molecular complexity index is 763. The van der Waals surface area contributed by atoms with Crippen LogP contribution in [0.4, 0.5) is 20.6 Å². The number of thioether (sulfide) groups is 1. The third-order valence-electron chi connectivity index (χ3n) is 4.26. The topological polar surface area (TPSA) is 90.2 Å². The van der Waals surface area contributed by atoms with Gasteiger partial charge in [-0.05, 0) is 24.5 Å². The molecule has 1 N–H and O–H groups in total. The van der Waals surface area contributed by atoms with Crippen molar-refractivity contribution in [3.05, 3.63) is 24.0 Å². The molecular formula is C17H20FN5O3S. The van der Waals surface area contributed by atoms with Gasteiger partial charge in [0.05, 0.1) is 37.7 Å². The molecule has 2 saturated heterocycles. The summed E-state index contributed by atoms with van der Waals surface area (Å²) in [5.41, 5.74) is 0.948. The van der Waals surface area contributed by atoms with Crippen LogP contribution in [0.3, 0.4) is 0 Å². The first-order valence-corrected chi connectivity index (χ1v) is 9.68. The highest BCUT2D eigenvalue weighted by Gasteiger charge is 2.32. The summed E-state index contributed by atoms with van der Waals surface area (Å²) >= 11 is 1.29. The maximum atomic E-state index is 14.6. The minimum absolute atomic E-state index is 0.224. The number of aliphatic imine (C=N–C) groups is 1. The number of amides is 1. The predicted octanol–water partition coefficient (Wildman–Crippen LogP) is 1.78. The highest BCUT2D eigenvalue weighted by Crippen LogP contribution is 2.28. The van der Waals surface area contributed by atoms with Crippen LogP contribution in [-0.2, 0) is 9.47 Å². The Balaban J connectivity index is 1.67. The van der Waals surface area contributed by atoms with Gasteiger partial charge in [-0.15, -0.1) is 0 Å². The first kappa shape index (κ1) is 19.3. The lowest BCUT2D eigenvalue weighted by molar-refractivity contribution is 0.122. The normalized spacial score (nSPS) is 20.4. The minimum atomic E-state index is -0.535. The second-order valence-corrected chi connectivity index (χ2v) is 6.73. The van der Waals surface area contributed by atoms with Crippen LogP contribution in [-0.4, -0.2) is 63.0 Å². The van der Waals surface area contributed by atoms with Crippen LogP contribution in [0.1, 0.15) is 0 Å². The van der Waals surface area contributed by atoms with Gasteiger partial charge in [0.2, 0.25) is 0 Å². The highest BCUT2D eigenvalue weighted by atomic mass is 32.2. The number of halogens is 1. The number of nitrogens with zero attached hydrogens (tertiary/aromatic N) is 4. The van der Waals surface area contributed by atoms with Gasteiger partial charge in [-0.2, -0.15) is 5.26 Å². The number of nitriles is 1. The number of carbonyl (C=O) groups is 1. The van der Waals surface area contributed by atoms with Crippen LogP contribution >= 0.6 is 11.8 Å². The van der Waals surface area contributed by atoms with Crippen LogP contribution in [0.5, 0.6) is 0 Å². The summed E-state index contributed by atoms with van der Waals surface area (Å²) in [7, 11) is 0. The van der Waals surface area contributed by atoms with Crippen molar-refractivity contribution >= 4 is 34.4 Å². The molecule has 2 aliphatic heterocycles. The number of carbonyl (C=O) groups excluding carboxylic acids is 1. The zero-order chi connectivity index (χ0) is 19.2. The average Bonchev–Trinajstić information content (AvgIpc) is 3.06. The number of cyclic esters (lactones) is 1. The summed E-state index contributed by atoms with van der Waals surface area (Å²) in [6.07, 6.45) is 2.60. The van der Waals surface area contributed by atoms with E-state index in [1.807, 2.05) is 4.90 Å². The van der Waals surface area contributed by atoms with Crippen molar-refractivity contribution in [2.75, 3.05) is 55.4 Å². The second kappa shape index (κ2) is 8.92. The molecule has 0 radical (unpaired) electrons. The summed E-state index contributed by atoms with van der Waals surface area (Å²) < 4.78 is 25.2. The molecule has 27 heavy (non-hydrogen) atoms. The summed E-state index contributed by atoms with van der Waals surface area (Å²) in [5.74, 6) is -0.383. The molecular weight excluding hydrogens is 373 g/mol. The molecule has 10 heteroatoms. The van der Waals surface area contributed by atoms with Crippen molar-refractivity contribution < 1.29 is 18.7 Å². The van der Waals surface area contributed by atoms with Crippen molar-refractivity contribution in [3.63, 3.8) is 0 Å². The smallest absolute Gasteiger partial charge is 0.414 e. The molecule has 0 saturated carbocycles. The molecule has 2 fully saturated rings. The Labute approximate surface area is 160 Å². The van der Waals surface area contributed by atoms with E-state index in [1.165, 1.54) is 22.7 Å². The van der Waals surface area contributed by atoms with Crippen LogP contribution in [0.15, 0.2) is 23.2 Å². The minimum Gasteiger partial charge on any atom is -0.442 e. The van der Waals surface area contributed by atoms with Crippen LogP contribution < -0.4 is 15.1 Å². The number of nitrogens with one attached hydrogen (secondary N) is 1. The Hall–Kier alpha value is -2.51. The van der Waals surface area contributed by atoms with Crippen LogP contribution in [0.2, 0.25) is 0 Å². The number of hydrogen-bond donors (Lipinski definition) is 1. The van der Waals surface area contributed by atoms with E-state index in [2.05, 4.69) is 10.3 Å². The lowest BCUT2D eigenvalue weighted by Crippen LogP contribution is -2.36. The highest BCUT2D eigenvalue weighted by molar-refractivity contribution is 8.13. The molecule has 144 valence electrons. The Morgan fingerprint density at radius 2 is 2.26 bits per heavy atom. The van der Waals surface area contributed by atoms with E-state index in [9.17, 15) is 9.18 Å². The van der Waals surface area contributed by atoms with Crippen molar-refractivity contribution in [2.45, 2.75) is 6.10 Å². The SMILES string of the molecule is CSC(=NC[C@H]1CN(c2ccc(N3CCOCC3)c(F)c2)C(=O)O1)NC#N. The summed E-state index contributed by atoms with van der Waals surface area (Å²) in [6, 6.07) is 4.74. The quantitative estimate of drug-likeness (QED) is 0.361. The number of amidine groups is 1. The van der Waals surface area contributed by atoms with Crippen molar-refractivity contribution in [3.8, 4) is 6.19 Å². The molecule has 1 aromatic rings. The first-order valence-electron chi connectivity index (χ1n) is 8.46. The lowest BCUT2D eigenvalue weighted by atomic mass is 10.2. The van der Waals surface area contributed by atoms with E-state index in [0.29, 0.717) is 42.8 Å². The molecule has 1 aromatic carbocycles. The Morgan fingerprint density at radius 3 is 2.93 bits per heavy atom. The van der Waals surface area contributed by atoms with Gasteiger partial charge in [0, 0.05) is 13.1 Å². The Morgan fingerprint density at radius 1 is 1.48 bits per heavy atom. The zero-order valence-corrected chi connectivity index (χ0v) is 15.7. The van der Waals surface area contributed by atoms with Crippen LogP contribution in [0.25, 0.3) is 0 Å². The van der Waals surface area contributed by atoms with Crippen LogP contribution in [0, 0.1) is 17.3 Å². The number of morpholine rings is 1. The van der Waals surface area contributed by atoms with Gasteiger partial charge in [-0.25, -0.2) is 9.18 Å². The van der Waals surface area contributed by atoms with E-state index in [1.54, 1.807) is 24.6 Å². The van der Waals surface area contributed by atoms with Gasteiger partial charge in [-0.3, -0.25) is 15.2 Å². The van der Waals surface area contributed by atoms with Gasteiger partial charge >= 0.3 is 6.09 Å². The van der Waals surface area contributed by atoms with Crippen molar-refractivity contribution in [2.24, 2.45) is 4.99 Å². The fraction of sp³-hybridized carbons (Fsp3) is 0.471. The fourth-order valence-corrected chi connectivity index (χ4v) is 3.29. The molecule has 3 rings (SSSR count). The Kier molecular flexibility index (Phi) is 6.36. The summed E-state index contributed by atoms with van der Waals surface area (Å²) in [5, 5.41) is 11.5. The van der Waals surface area contributed by atoms with Gasteiger partial charge in [0.15, 0.2) is 11.4 Å². The summed E-state index contributed by atoms with van der Waals surface area (Å²) in [6.45, 7) is 2.91. The molecule has 2 aliphatic rings. The van der Waals surface area contributed by atoms with Gasteiger partial charge in [-0.1, -0.05) is 11.8 Å². The van der Waals surface area contributed by atoms with E-state index < -0.39 is 12.2 Å². The number of hydrogen-bond acceptors (Lipinski definition) is 7. The zero-order valence-electron chi connectivity index (χ0n) is 14.9. The molecule has 8 nitrogen and oxygen atoms in total.